The minimum atomic E-state index is -1.04. The van der Waals surface area contributed by atoms with Gasteiger partial charge in [0.2, 0.25) is 0 Å². The zero-order chi connectivity index (χ0) is 15.3. The molecule has 0 saturated heterocycles. The smallest absolute Gasteiger partial charge is 0.310 e. The highest BCUT2D eigenvalue weighted by Gasteiger charge is 2.28. The summed E-state index contributed by atoms with van der Waals surface area (Å²) < 4.78 is 10.2. The van der Waals surface area contributed by atoms with Gasteiger partial charge in [-0.05, 0) is 32.0 Å². The Hall–Kier alpha value is -2.24. The molecular formula is C14H19NO5. The highest BCUT2D eigenvalue weighted by atomic mass is 16.5. The molecule has 0 aliphatic heterocycles. The van der Waals surface area contributed by atoms with Crippen LogP contribution < -0.4 is 14.8 Å². The molecule has 0 aliphatic carbocycles. The van der Waals surface area contributed by atoms with E-state index in [1.807, 2.05) is 0 Å². The van der Waals surface area contributed by atoms with Crippen molar-refractivity contribution in [3.63, 3.8) is 0 Å². The number of benzene rings is 1. The number of rotatable bonds is 6. The fraction of sp³-hybridized carbons (Fsp3) is 0.429. The van der Waals surface area contributed by atoms with Crippen molar-refractivity contribution in [3.05, 3.63) is 23.8 Å². The van der Waals surface area contributed by atoms with Crippen LogP contribution in [0.1, 0.15) is 24.2 Å². The van der Waals surface area contributed by atoms with Crippen molar-refractivity contribution in [3.8, 4) is 11.5 Å². The van der Waals surface area contributed by atoms with Crippen LogP contribution in [0, 0.1) is 5.41 Å². The van der Waals surface area contributed by atoms with Gasteiger partial charge in [-0.1, -0.05) is 0 Å². The second-order valence-electron chi connectivity index (χ2n) is 4.94. The summed E-state index contributed by atoms with van der Waals surface area (Å²) in [4.78, 5) is 23.1. The molecule has 0 heterocycles. The third-order valence-electron chi connectivity index (χ3n) is 2.92. The topological polar surface area (TPSA) is 84.9 Å². The van der Waals surface area contributed by atoms with Crippen LogP contribution in [-0.4, -0.2) is 37.7 Å². The lowest BCUT2D eigenvalue weighted by Crippen LogP contribution is -2.39. The standard InChI is InChI=1S/C14H19NO5/c1-14(2,13(17)18)8-15-12(16)10-7-9(19-3)5-6-11(10)20-4/h5-7H,8H2,1-4H3,(H,15,16)(H,17,18). The minimum absolute atomic E-state index is 0.0154. The van der Waals surface area contributed by atoms with Gasteiger partial charge in [-0.25, -0.2) is 0 Å². The molecule has 0 bridgehead atoms. The molecule has 110 valence electrons. The zero-order valence-corrected chi connectivity index (χ0v) is 12.0. The first-order chi connectivity index (χ1) is 9.31. The van der Waals surface area contributed by atoms with E-state index in [0.717, 1.165) is 0 Å². The molecule has 1 rings (SSSR count). The lowest BCUT2D eigenvalue weighted by molar-refractivity contribution is -0.146. The Morgan fingerprint density at radius 1 is 1.25 bits per heavy atom. The molecule has 0 aromatic heterocycles. The lowest BCUT2D eigenvalue weighted by Gasteiger charge is -2.20. The average Bonchev–Trinajstić information content (AvgIpc) is 2.43. The third kappa shape index (κ3) is 3.63. The molecule has 0 aliphatic rings. The number of carbonyl (C=O) groups excluding carboxylic acids is 1. The van der Waals surface area contributed by atoms with Gasteiger partial charge in [0, 0.05) is 6.54 Å². The molecule has 0 saturated carbocycles. The van der Waals surface area contributed by atoms with Gasteiger partial charge in [0.25, 0.3) is 5.91 Å². The molecule has 2 N–H and O–H groups in total. The van der Waals surface area contributed by atoms with Crippen LogP contribution in [-0.2, 0) is 4.79 Å². The van der Waals surface area contributed by atoms with Crippen LogP contribution >= 0.6 is 0 Å². The first-order valence-corrected chi connectivity index (χ1v) is 6.05. The van der Waals surface area contributed by atoms with E-state index in [1.54, 1.807) is 32.0 Å². The Kier molecular flexibility index (Phi) is 4.96. The van der Waals surface area contributed by atoms with E-state index in [2.05, 4.69) is 5.32 Å². The quantitative estimate of drug-likeness (QED) is 0.826. The molecule has 0 spiro atoms. The van der Waals surface area contributed by atoms with Crippen molar-refractivity contribution in [1.29, 1.82) is 0 Å². The maximum atomic E-state index is 12.1. The largest absolute Gasteiger partial charge is 0.497 e. The molecular weight excluding hydrogens is 262 g/mol. The van der Waals surface area contributed by atoms with Crippen LogP contribution in [0.3, 0.4) is 0 Å². The Labute approximate surface area is 117 Å². The van der Waals surface area contributed by atoms with Crippen LogP contribution in [0.4, 0.5) is 0 Å². The van der Waals surface area contributed by atoms with Gasteiger partial charge in [0.1, 0.15) is 11.5 Å². The second-order valence-corrected chi connectivity index (χ2v) is 4.94. The number of aliphatic carboxylic acids is 1. The molecule has 20 heavy (non-hydrogen) atoms. The van der Waals surface area contributed by atoms with Crippen LogP contribution in [0.25, 0.3) is 0 Å². The van der Waals surface area contributed by atoms with E-state index in [4.69, 9.17) is 14.6 Å². The number of hydrogen-bond donors (Lipinski definition) is 2. The van der Waals surface area contributed by atoms with Crippen molar-refractivity contribution in [2.45, 2.75) is 13.8 Å². The van der Waals surface area contributed by atoms with Gasteiger partial charge in [-0.3, -0.25) is 9.59 Å². The van der Waals surface area contributed by atoms with E-state index in [1.165, 1.54) is 14.2 Å². The molecule has 1 aromatic rings. The summed E-state index contributed by atoms with van der Waals surface area (Å²) in [5.41, 5.74) is -0.741. The van der Waals surface area contributed by atoms with Crippen molar-refractivity contribution >= 4 is 11.9 Å². The highest BCUT2D eigenvalue weighted by molar-refractivity contribution is 5.97. The van der Waals surface area contributed by atoms with Gasteiger partial charge in [0.05, 0.1) is 25.2 Å². The number of ether oxygens (including phenoxy) is 2. The van der Waals surface area contributed by atoms with Gasteiger partial charge >= 0.3 is 5.97 Å². The van der Waals surface area contributed by atoms with Gasteiger partial charge < -0.3 is 19.9 Å². The van der Waals surface area contributed by atoms with Crippen molar-refractivity contribution in [2.75, 3.05) is 20.8 Å². The number of hydrogen-bond acceptors (Lipinski definition) is 4. The SMILES string of the molecule is COc1ccc(OC)c(C(=O)NCC(C)(C)C(=O)O)c1. The molecule has 0 atom stereocenters. The molecule has 0 unspecified atom stereocenters. The molecule has 6 heteroatoms. The Morgan fingerprint density at radius 3 is 2.40 bits per heavy atom. The summed E-state index contributed by atoms with van der Waals surface area (Å²) in [6.45, 7) is 3.10. The normalized spacial score (nSPS) is 10.8. The monoisotopic (exact) mass is 281 g/mol. The van der Waals surface area contributed by atoms with E-state index in [0.29, 0.717) is 17.1 Å². The number of methoxy groups -OCH3 is 2. The third-order valence-corrected chi connectivity index (χ3v) is 2.92. The zero-order valence-electron chi connectivity index (χ0n) is 12.0. The van der Waals surface area contributed by atoms with Crippen LogP contribution in [0.5, 0.6) is 11.5 Å². The summed E-state index contributed by atoms with van der Waals surface area (Å²) in [6.07, 6.45) is 0. The predicted molar refractivity (Wildman–Crippen MR) is 73.3 cm³/mol. The molecule has 0 radical (unpaired) electrons. The number of carboxylic acid groups (broad SMARTS) is 1. The fourth-order valence-corrected chi connectivity index (χ4v) is 1.46. The van der Waals surface area contributed by atoms with E-state index in [9.17, 15) is 9.59 Å². The lowest BCUT2D eigenvalue weighted by atomic mass is 9.94. The van der Waals surface area contributed by atoms with Crippen LogP contribution in [0.2, 0.25) is 0 Å². The van der Waals surface area contributed by atoms with Crippen molar-refractivity contribution in [2.24, 2.45) is 5.41 Å². The molecule has 0 fully saturated rings. The number of amides is 1. The van der Waals surface area contributed by atoms with E-state index in [-0.39, 0.29) is 6.54 Å². The van der Waals surface area contributed by atoms with Gasteiger partial charge in [0.15, 0.2) is 0 Å². The van der Waals surface area contributed by atoms with E-state index >= 15 is 0 Å². The first kappa shape index (κ1) is 15.8. The average molecular weight is 281 g/mol. The predicted octanol–water partition coefficient (Wildman–Crippen LogP) is 1.54. The Bertz CT molecular complexity index is 510. The molecule has 1 amide bonds. The van der Waals surface area contributed by atoms with Crippen molar-refractivity contribution in [1.82, 2.24) is 5.32 Å². The number of nitrogens with one attached hydrogen (secondary N) is 1. The van der Waals surface area contributed by atoms with Gasteiger partial charge in [-0.15, -0.1) is 0 Å². The maximum Gasteiger partial charge on any atom is 0.310 e. The maximum absolute atomic E-state index is 12.1. The summed E-state index contributed by atoms with van der Waals surface area (Å²) >= 11 is 0. The summed E-state index contributed by atoms with van der Waals surface area (Å²) in [5, 5.41) is 11.6. The van der Waals surface area contributed by atoms with E-state index < -0.39 is 17.3 Å². The number of carbonyl (C=O) groups is 2. The molecule has 1 aromatic carbocycles. The van der Waals surface area contributed by atoms with Crippen molar-refractivity contribution < 1.29 is 24.2 Å². The Morgan fingerprint density at radius 2 is 1.90 bits per heavy atom. The van der Waals surface area contributed by atoms with Crippen LogP contribution in [0.15, 0.2) is 18.2 Å². The second kappa shape index (κ2) is 6.27. The fourth-order valence-electron chi connectivity index (χ4n) is 1.46. The number of carboxylic acids is 1. The summed E-state index contributed by atoms with van der Waals surface area (Å²) in [7, 11) is 2.96. The minimum Gasteiger partial charge on any atom is -0.497 e. The summed E-state index contributed by atoms with van der Waals surface area (Å²) in [5.74, 6) is -0.463. The Balaban J connectivity index is 2.89. The summed E-state index contributed by atoms with van der Waals surface area (Å²) in [6, 6.07) is 4.84. The molecule has 6 nitrogen and oxygen atoms in total. The highest BCUT2D eigenvalue weighted by Crippen LogP contribution is 2.24. The first-order valence-electron chi connectivity index (χ1n) is 6.05. The van der Waals surface area contributed by atoms with Gasteiger partial charge in [-0.2, -0.15) is 0 Å².